The molecule has 0 aromatic rings. The van der Waals surface area contributed by atoms with Crippen LogP contribution in [0.25, 0.3) is 0 Å². The molecule has 0 bridgehead atoms. The van der Waals surface area contributed by atoms with Gasteiger partial charge in [0, 0.05) is 19.3 Å². The second-order valence-corrected chi connectivity index (χ2v) is 21.6. The molecular weight excluding hydrogens is 949 g/mol. The SMILES string of the molecule is CC/C=C\C/C=C\C/C=C\C/C=C\C/C=C\C/C=C\CCCCCCC(=O)OC(COC(=O)CCCCCCCCCCCCC)COC(=O)CCCCCCCCCCCCCCC/C=C\C/C=C\CCCCCCC. The Morgan fingerprint density at radius 1 is 0.273 bits per heavy atom. The van der Waals surface area contributed by atoms with Crippen LogP contribution in [0.15, 0.2) is 97.2 Å². The minimum atomic E-state index is -0.791. The van der Waals surface area contributed by atoms with E-state index < -0.39 is 6.10 Å². The van der Waals surface area contributed by atoms with Gasteiger partial charge in [0.05, 0.1) is 0 Å². The van der Waals surface area contributed by atoms with Crippen LogP contribution >= 0.6 is 0 Å². The van der Waals surface area contributed by atoms with Gasteiger partial charge in [-0.25, -0.2) is 0 Å². The average Bonchev–Trinajstić information content (AvgIpc) is 3.43. The average molecular weight is 1070 g/mol. The van der Waals surface area contributed by atoms with Gasteiger partial charge < -0.3 is 14.2 Å². The highest BCUT2D eigenvalue weighted by Crippen LogP contribution is 2.16. The Morgan fingerprint density at radius 3 is 0.792 bits per heavy atom. The Bertz CT molecular complexity index is 1510. The third-order valence-electron chi connectivity index (χ3n) is 14.1. The lowest BCUT2D eigenvalue weighted by Gasteiger charge is -2.18. The lowest BCUT2D eigenvalue weighted by Crippen LogP contribution is -2.30. The Labute approximate surface area is 477 Å². The molecule has 442 valence electrons. The van der Waals surface area contributed by atoms with Gasteiger partial charge in [0.25, 0.3) is 0 Å². The first-order valence-electron chi connectivity index (χ1n) is 32.7. The summed E-state index contributed by atoms with van der Waals surface area (Å²) < 4.78 is 16.9. The Balaban J connectivity index is 4.32. The minimum absolute atomic E-state index is 0.0858. The fraction of sp³-hybridized carbons (Fsp3) is 0.732. The van der Waals surface area contributed by atoms with E-state index in [1.54, 1.807) is 0 Å². The van der Waals surface area contributed by atoms with Gasteiger partial charge >= 0.3 is 17.9 Å². The van der Waals surface area contributed by atoms with Gasteiger partial charge in [-0.2, -0.15) is 0 Å². The smallest absolute Gasteiger partial charge is 0.306 e. The molecule has 0 saturated heterocycles. The molecule has 6 nitrogen and oxygen atoms in total. The molecule has 0 N–H and O–H groups in total. The molecule has 6 heteroatoms. The zero-order valence-electron chi connectivity index (χ0n) is 50.7. The first-order chi connectivity index (χ1) is 38.0. The van der Waals surface area contributed by atoms with Gasteiger partial charge in [-0.3, -0.25) is 14.4 Å². The van der Waals surface area contributed by atoms with Crippen molar-refractivity contribution in [3.8, 4) is 0 Å². The Hall–Kier alpha value is -3.67. The first kappa shape index (κ1) is 73.3. The lowest BCUT2D eigenvalue weighted by atomic mass is 10.0. The van der Waals surface area contributed by atoms with Gasteiger partial charge in [-0.05, 0) is 103 Å². The van der Waals surface area contributed by atoms with Gasteiger partial charge in [0.15, 0.2) is 6.10 Å². The number of hydrogen-bond acceptors (Lipinski definition) is 6. The van der Waals surface area contributed by atoms with Crippen molar-refractivity contribution >= 4 is 17.9 Å². The highest BCUT2D eigenvalue weighted by Gasteiger charge is 2.19. The molecular formula is C71H122O6. The van der Waals surface area contributed by atoms with Crippen LogP contribution in [-0.4, -0.2) is 37.2 Å². The van der Waals surface area contributed by atoms with Crippen molar-refractivity contribution in [2.45, 2.75) is 322 Å². The second kappa shape index (κ2) is 64.9. The molecule has 0 amide bonds. The van der Waals surface area contributed by atoms with Crippen molar-refractivity contribution in [1.82, 2.24) is 0 Å². The molecule has 0 aliphatic carbocycles. The molecule has 77 heavy (non-hydrogen) atoms. The number of carbonyl (C=O) groups is 3. The first-order valence-corrected chi connectivity index (χ1v) is 32.7. The molecule has 0 fully saturated rings. The van der Waals surface area contributed by atoms with Crippen molar-refractivity contribution in [2.75, 3.05) is 13.2 Å². The summed E-state index contributed by atoms with van der Waals surface area (Å²) in [6, 6.07) is 0. The summed E-state index contributed by atoms with van der Waals surface area (Å²) in [7, 11) is 0. The van der Waals surface area contributed by atoms with Crippen LogP contribution in [0.3, 0.4) is 0 Å². The number of esters is 3. The summed E-state index contributed by atoms with van der Waals surface area (Å²) in [6.07, 6.45) is 87.0. The number of carbonyl (C=O) groups excluding carboxylic acids is 3. The Morgan fingerprint density at radius 2 is 0.506 bits per heavy atom. The van der Waals surface area contributed by atoms with E-state index in [4.69, 9.17) is 14.2 Å². The van der Waals surface area contributed by atoms with Crippen molar-refractivity contribution < 1.29 is 28.6 Å². The van der Waals surface area contributed by atoms with E-state index in [1.807, 2.05) is 0 Å². The molecule has 0 aromatic carbocycles. The summed E-state index contributed by atoms with van der Waals surface area (Å²) in [5.41, 5.74) is 0. The number of unbranched alkanes of at least 4 members (excludes halogenated alkanes) is 32. The molecule has 1 unspecified atom stereocenters. The van der Waals surface area contributed by atoms with Crippen LogP contribution in [0, 0.1) is 0 Å². The molecule has 0 saturated carbocycles. The monoisotopic (exact) mass is 1070 g/mol. The summed E-state index contributed by atoms with van der Waals surface area (Å²) in [5, 5.41) is 0. The van der Waals surface area contributed by atoms with Crippen LogP contribution < -0.4 is 0 Å². The van der Waals surface area contributed by atoms with E-state index >= 15 is 0 Å². The van der Waals surface area contributed by atoms with E-state index in [0.717, 1.165) is 116 Å². The highest BCUT2D eigenvalue weighted by molar-refractivity contribution is 5.71. The quantitative estimate of drug-likeness (QED) is 0.0261. The van der Waals surface area contributed by atoms with Crippen molar-refractivity contribution in [3.05, 3.63) is 97.2 Å². The molecule has 0 spiro atoms. The lowest BCUT2D eigenvalue weighted by molar-refractivity contribution is -0.167. The van der Waals surface area contributed by atoms with Crippen molar-refractivity contribution in [3.63, 3.8) is 0 Å². The molecule has 0 radical (unpaired) electrons. The van der Waals surface area contributed by atoms with E-state index in [1.165, 1.54) is 161 Å². The van der Waals surface area contributed by atoms with Crippen molar-refractivity contribution in [1.29, 1.82) is 0 Å². The fourth-order valence-electron chi connectivity index (χ4n) is 9.18. The third-order valence-corrected chi connectivity index (χ3v) is 14.1. The van der Waals surface area contributed by atoms with E-state index in [9.17, 15) is 14.4 Å². The maximum Gasteiger partial charge on any atom is 0.306 e. The van der Waals surface area contributed by atoms with Crippen LogP contribution in [-0.2, 0) is 28.6 Å². The second-order valence-electron chi connectivity index (χ2n) is 21.6. The summed E-state index contributed by atoms with van der Waals surface area (Å²) in [6.45, 7) is 6.51. The zero-order chi connectivity index (χ0) is 55.7. The van der Waals surface area contributed by atoms with Gasteiger partial charge in [-0.1, -0.05) is 291 Å². The number of allylic oxidation sites excluding steroid dienone is 16. The van der Waals surface area contributed by atoms with Crippen molar-refractivity contribution in [2.24, 2.45) is 0 Å². The molecule has 0 heterocycles. The standard InChI is InChI=1S/C71H122O6/c1-4-7-10-13-16-19-22-24-26-28-30-32-34-35-37-38-40-42-44-46-49-52-55-58-61-64-70(73)76-67-68(66-75-69(72)63-60-57-54-51-48-21-18-15-12-9-6-3)77-71(74)65-62-59-56-53-50-47-45-43-41-39-36-33-31-29-27-25-23-20-17-14-11-8-5-2/h8,11,17,20,22,24-25,27-28,30-31,33,39,41,45,47,68H,4-7,9-10,12-16,18-19,21,23,26,29,32,34-38,40,42-44,46,48-67H2,1-3H3/b11-8-,20-17-,24-22-,27-25-,30-28-,33-31-,41-39-,47-45-. The molecule has 0 rings (SSSR count). The van der Waals surface area contributed by atoms with E-state index in [-0.39, 0.29) is 31.1 Å². The molecule has 0 aliphatic heterocycles. The predicted octanol–water partition coefficient (Wildman–Crippen LogP) is 22.4. The fourth-order valence-corrected chi connectivity index (χ4v) is 9.18. The number of ether oxygens (including phenoxy) is 3. The Kier molecular flexibility index (Phi) is 61.8. The summed E-state index contributed by atoms with van der Waals surface area (Å²) in [5.74, 6) is -0.902. The maximum atomic E-state index is 12.9. The van der Waals surface area contributed by atoms with Crippen LogP contribution in [0.1, 0.15) is 316 Å². The zero-order valence-corrected chi connectivity index (χ0v) is 50.7. The van der Waals surface area contributed by atoms with Crippen LogP contribution in [0.4, 0.5) is 0 Å². The van der Waals surface area contributed by atoms with E-state index in [2.05, 4.69) is 118 Å². The minimum Gasteiger partial charge on any atom is -0.462 e. The summed E-state index contributed by atoms with van der Waals surface area (Å²) >= 11 is 0. The van der Waals surface area contributed by atoms with Crippen LogP contribution in [0.5, 0.6) is 0 Å². The largest absolute Gasteiger partial charge is 0.462 e. The van der Waals surface area contributed by atoms with Gasteiger partial charge in [0.2, 0.25) is 0 Å². The predicted molar refractivity (Wildman–Crippen MR) is 334 cm³/mol. The number of rotatable bonds is 59. The van der Waals surface area contributed by atoms with E-state index in [0.29, 0.717) is 19.3 Å². The molecule has 1 atom stereocenters. The number of hydrogen-bond donors (Lipinski definition) is 0. The summed E-state index contributed by atoms with van der Waals surface area (Å²) in [4.78, 5) is 38.3. The molecule has 0 aromatic heterocycles. The normalized spacial score (nSPS) is 12.7. The van der Waals surface area contributed by atoms with Gasteiger partial charge in [-0.15, -0.1) is 0 Å². The van der Waals surface area contributed by atoms with Gasteiger partial charge in [0.1, 0.15) is 13.2 Å². The third kappa shape index (κ3) is 63.0. The molecule has 0 aliphatic rings. The van der Waals surface area contributed by atoms with Crippen LogP contribution in [0.2, 0.25) is 0 Å². The highest BCUT2D eigenvalue weighted by atomic mass is 16.6. The maximum absolute atomic E-state index is 12.9. The topological polar surface area (TPSA) is 78.9 Å².